The van der Waals surface area contributed by atoms with Crippen molar-refractivity contribution >= 4 is 5.91 Å². The highest BCUT2D eigenvalue weighted by molar-refractivity contribution is 5.94. The molecule has 1 aromatic rings. The van der Waals surface area contributed by atoms with Gasteiger partial charge in [0.25, 0.3) is 5.91 Å². The maximum absolute atomic E-state index is 12.3. The second kappa shape index (κ2) is 8.53. The molecule has 1 heterocycles. The van der Waals surface area contributed by atoms with Gasteiger partial charge in [0.15, 0.2) is 6.61 Å². The third kappa shape index (κ3) is 6.21. The van der Waals surface area contributed by atoms with E-state index in [4.69, 9.17) is 4.74 Å². The van der Waals surface area contributed by atoms with Crippen LogP contribution in [0, 0.1) is 5.41 Å². The fourth-order valence-corrected chi connectivity index (χ4v) is 2.87. The Balaban J connectivity index is 1.89. The van der Waals surface area contributed by atoms with Crippen LogP contribution >= 0.6 is 0 Å². The Hall–Kier alpha value is -1.80. The standard InChI is InChI=1S/C17H23F3N2O3/c1-24-11-16(6-8-21-9-7-16)10-22-15(23)13-2-4-14(5-3-13)25-12-17(18,19)20/h2-5,21H,6-12H2,1H3,(H,22,23). The first-order valence-corrected chi connectivity index (χ1v) is 8.11. The van der Waals surface area contributed by atoms with Gasteiger partial charge in [0.05, 0.1) is 6.61 Å². The first-order valence-electron chi connectivity index (χ1n) is 8.11. The van der Waals surface area contributed by atoms with Crippen LogP contribution < -0.4 is 15.4 Å². The van der Waals surface area contributed by atoms with Crippen LogP contribution in [0.1, 0.15) is 23.2 Å². The topological polar surface area (TPSA) is 59.6 Å². The van der Waals surface area contributed by atoms with Gasteiger partial charge < -0.3 is 20.1 Å². The molecule has 0 radical (unpaired) electrons. The molecule has 0 spiro atoms. The minimum atomic E-state index is -4.39. The van der Waals surface area contributed by atoms with Gasteiger partial charge in [-0.15, -0.1) is 0 Å². The summed E-state index contributed by atoms with van der Waals surface area (Å²) >= 11 is 0. The van der Waals surface area contributed by atoms with E-state index in [0.29, 0.717) is 18.7 Å². The molecule has 1 fully saturated rings. The number of methoxy groups -OCH3 is 1. The Morgan fingerprint density at radius 2 is 1.88 bits per heavy atom. The summed E-state index contributed by atoms with van der Waals surface area (Å²) in [6, 6.07) is 5.62. The van der Waals surface area contributed by atoms with Gasteiger partial charge in [-0.3, -0.25) is 4.79 Å². The fourth-order valence-electron chi connectivity index (χ4n) is 2.87. The van der Waals surface area contributed by atoms with Crippen LogP contribution in [0.2, 0.25) is 0 Å². The van der Waals surface area contributed by atoms with E-state index in [-0.39, 0.29) is 17.1 Å². The monoisotopic (exact) mass is 360 g/mol. The van der Waals surface area contributed by atoms with Crippen molar-refractivity contribution in [1.82, 2.24) is 10.6 Å². The van der Waals surface area contributed by atoms with Gasteiger partial charge in [-0.2, -0.15) is 13.2 Å². The Bertz CT molecular complexity index is 550. The summed E-state index contributed by atoms with van der Waals surface area (Å²) in [7, 11) is 1.64. The number of carbonyl (C=O) groups excluding carboxylic acids is 1. The van der Waals surface area contributed by atoms with E-state index in [9.17, 15) is 18.0 Å². The molecule has 140 valence electrons. The van der Waals surface area contributed by atoms with E-state index < -0.39 is 12.8 Å². The molecule has 5 nitrogen and oxygen atoms in total. The highest BCUT2D eigenvalue weighted by atomic mass is 19.4. The number of halogens is 3. The van der Waals surface area contributed by atoms with Gasteiger partial charge >= 0.3 is 6.18 Å². The van der Waals surface area contributed by atoms with Crippen LogP contribution in [0.15, 0.2) is 24.3 Å². The molecule has 0 saturated carbocycles. The first kappa shape index (κ1) is 19.5. The molecule has 0 atom stereocenters. The van der Waals surface area contributed by atoms with Crippen molar-refractivity contribution in [1.29, 1.82) is 0 Å². The lowest BCUT2D eigenvalue weighted by molar-refractivity contribution is -0.153. The van der Waals surface area contributed by atoms with Crippen LogP contribution in [0.5, 0.6) is 5.75 Å². The number of benzene rings is 1. The zero-order valence-electron chi connectivity index (χ0n) is 14.1. The van der Waals surface area contributed by atoms with Crippen molar-refractivity contribution in [3.8, 4) is 5.75 Å². The Morgan fingerprint density at radius 3 is 2.44 bits per heavy atom. The van der Waals surface area contributed by atoms with Crippen molar-refractivity contribution in [2.75, 3.05) is 40.0 Å². The predicted molar refractivity (Wildman–Crippen MR) is 86.7 cm³/mol. The lowest BCUT2D eigenvalue weighted by Gasteiger charge is -2.37. The van der Waals surface area contributed by atoms with Crippen molar-refractivity contribution < 1.29 is 27.4 Å². The normalized spacial score (nSPS) is 17.1. The summed E-state index contributed by atoms with van der Waals surface area (Å²) in [5, 5.41) is 6.19. The van der Waals surface area contributed by atoms with E-state index in [0.717, 1.165) is 25.9 Å². The number of hydrogen-bond donors (Lipinski definition) is 2. The smallest absolute Gasteiger partial charge is 0.422 e. The van der Waals surface area contributed by atoms with Gasteiger partial charge in [0, 0.05) is 24.6 Å². The summed E-state index contributed by atoms with van der Waals surface area (Å²) in [6.07, 6.45) is -2.57. The summed E-state index contributed by atoms with van der Waals surface area (Å²) in [5.74, 6) is -0.195. The molecule has 0 aromatic heterocycles. The summed E-state index contributed by atoms with van der Waals surface area (Å²) < 4.78 is 46.3. The van der Waals surface area contributed by atoms with Crippen LogP contribution in [0.4, 0.5) is 13.2 Å². The average molecular weight is 360 g/mol. The molecule has 0 aliphatic carbocycles. The Labute approximate surface area is 144 Å². The lowest BCUT2D eigenvalue weighted by atomic mass is 9.79. The maximum Gasteiger partial charge on any atom is 0.422 e. The van der Waals surface area contributed by atoms with Gasteiger partial charge in [0.1, 0.15) is 5.75 Å². The van der Waals surface area contributed by atoms with Crippen LogP contribution in [0.25, 0.3) is 0 Å². The quantitative estimate of drug-likeness (QED) is 0.784. The van der Waals surface area contributed by atoms with Gasteiger partial charge in [-0.25, -0.2) is 0 Å². The molecule has 1 aliphatic heterocycles. The molecular weight excluding hydrogens is 337 g/mol. The summed E-state index contributed by atoms with van der Waals surface area (Å²) in [4.78, 5) is 12.3. The minimum Gasteiger partial charge on any atom is -0.484 e. The molecule has 1 aromatic carbocycles. The van der Waals surface area contributed by atoms with E-state index in [1.807, 2.05) is 0 Å². The highest BCUT2D eigenvalue weighted by Gasteiger charge is 2.32. The van der Waals surface area contributed by atoms with E-state index in [1.165, 1.54) is 24.3 Å². The molecule has 1 amide bonds. The van der Waals surface area contributed by atoms with E-state index in [2.05, 4.69) is 15.4 Å². The van der Waals surface area contributed by atoms with Crippen LogP contribution in [-0.2, 0) is 4.74 Å². The second-order valence-electron chi connectivity index (χ2n) is 6.29. The first-order chi connectivity index (χ1) is 11.8. The van der Waals surface area contributed by atoms with Crippen LogP contribution in [0.3, 0.4) is 0 Å². The molecular formula is C17H23F3N2O3. The van der Waals surface area contributed by atoms with E-state index >= 15 is 0 Å². The number of amides is 1. The molecule has 8 heteroatoms. The van der Waals surface area contributed by atoms with Gasteiger partial charge in [-0.1, -0.05) is 0 Å². The second-order valence-corrected chi connectivity index (χ2v) is 6.29. The van der Waals surface area contributed by atoms with Crippen molar-refractivity contribution in [3.63, 3.8) is 0 Å². The lowest BCUT2D eigenvalue weighted by Crippen LogP contribution is -2.47. The third-order valence-corrected chi connectivity index (χ3v) is 4.26. The van der Waals surface area contributed by atoms with Gasteiger partial charge in [0.2, 0.25) is 0 Å². The number of hydrogen-bond acceptors (Lipinski definition) is 4. The SMILES string of the molecule is COCC1(CNC(=O)c2ccc(OCC(F)(F)F)cc2)CCNCC1. The number of ether oxygens (including phenoxy) is 2. The molecule has 2 rings (SSSR count). The summed E-state index contributed by atoms with van der Waals surface area (Å²) in [6.45, 7) is 1.47. The van der Waals surface area contributed by atoms with Gasteiger partial charge in [-0.05, 0) is 50.2 Å². The Kier molecular flexibility index (Phi) is 6.66. The number of carbonyl (C=O) groups is 1. The largest absolute Gasteiger partial charge is 0.484 e. The van der Waals surface area contributed by atoms with Crippen molar-refractivity contribution in [3.05, 3.63) is 29.8 Å². The number of nitrogens with one attached hydrogen (secondary N) is 2. The third-order valence-electron chi connectivity index (χ3n) is 4.26. The van der Waals surface area contributed by atoms with Crippen molar-refractivity contribution in [2.24, 2.45) is 5.41 Å². The molecule has 1 aliphatic rings. The predicted octanol–water partition coefficient (Wildman–Crippen LogP) is 2.37. The minimum absolute atomic E-state index is 0.0723. The summed E-state index contributed by atoms with van der Waals surface area (Å²) in [5.41, 5.74) is 0.284. The molecule has 25 heavy (non-hydrogen) atoms. The molecule has 2 N–H and O–H groups in total. The number of piperidine rings is 1. The molecule has 0 bridgehead atoms. The zero-order chi connectivity index (χ0) is 18.3. The fraction of sp³-hybridized carbons (Fsp3) is 0.588. The average Bonchev–Trinajstić information content (AvgIpc) is 2.59. The van der Waals surface area contributed by atoms with Crippen molar-refractivity contribution in [2.45, 2.75) is 19.0 Å². The van der Waals surface area contributed by atoms with E-state index in [1.54, 1.807) is 7.11 Å². The molecule has 1 saturated heterocycles. The van der Waals surface area contributed by atoms with Crippen LogP contribution in [-0.4, -0.2) is 52.0 Å². The zero-order valence-corrected chi connectivity index (χ0v) is 14.1. The molecule has 0 unspecified atom stereocenters. The number of alkyl halides is 3. The Morgan fingerprint density at radius 1 is 1.24 bits per heavy atom. The highest BCUT2D eigenvalue weighted by Crippen LogP contribution is 2.28. The number of rotatable bonds is 7. The maximum atomic E-state index is 12.3.